The lowest BCUT2D eigenvalue weighted by molar-refractivity contribution is 0.0603. The number of ether oxygens (including phenoxy) is 2. The second-order valence-electron chi connectivity index (χ2n) is 3.54. The summed E-state index contributed by atoms with van der Waals surface area (Å²) in [6, 6.07) is 1.97. The van der Waals surface area contributed by atoms with Gasteiger partial charge in [0.15, 0.2) is 0 Å². The fourth-order valence-electron chi connectivity index (χ4n) is 1.41. The highest BCUT2D eigenvalue weighted by Crippen LogP contribution is 2.37. The largest absolute Gasteiger partial charge is 0.465 e. The molecule has 0 aliphatic carbocycles. The average molecular weight is 269 g/mol. The number of thiophene rings is 1. The molecule has 1 aromatic heterocycles. The van der Waals surface area contributed by atoms with Crippen LogP contribution in [-0.4, -0.2) is 40.4 Å². The molecule has 0 atom stereocenters. The van der Waals surface area contributed by atoms with Crippen LogP contribution in [0, 0.1) is 11.3 Å². The minimum Gasteiger partial charge on any atom is -0.465 e. The number of hydrogen-bond acceptors (Lipinski definition) is 7. The van der Waals surface area contributed by atoms with Gasteiger partial charge in [0.1, 0.15) is 21.5 Å². The molecule has 0 radical (unpaired) electrons. The number of nitrogen functional groups attached to an aromatic ring is 1. The van der Waals surface area contributed by atoms with Crippen LogP contribution in [0.4, 0.5) is 10.7 Å². The summed E-state index contributed by atoms with van der Waals surface area (Å²) in [7, 11) is 4.68. The molecule has 18 heavy (non-hydrogen) atoms. The minimum atomic E-state index is -0.537. The quantitative estimate of drug-likeness (QED) is 0.804. The predicted octanol–water partition coefficient (Wildman–Crippen LogP) is 1.07. The highest BCUT2D eigenvalue weighted by Gasteiger charge is 2.24. The molecule has 0 spiro atoms. The van der Waals surface area contributed by atoms with Crippen LogP contribution < -0.4 is 10.6 Å². The van der Waals surface area contributed by atoms with E-state index in [4.69, 9.17) is 20.5 Å². The summed E-state index contributed by atoms with van der Waals surface area (Å²) >= 11 is 1.17. The lowest BCUT2D eigenvalue weighted by atomic mass is 10.2. The van der Waals surface area contributed by atoms with Crippen molar-refractivity contribution in [1.82, 2.24) is 0 Å². The van der Waals surface area contributed by atoms with Gasteiger partial charge in [0.25, 0.3) is 0 Å². The summed E-state index contributed by atoms with van der Waals surface area (Å²) in [5.74, 6) is -0.537. The summed E-state index contributed by atoms with van der Waals surface area (Å²) in [6.07, 6.45) is 0. The van der Waals surface area contributed by atoms with Gasteiger partial charge in [-0.1, -0.05) is 0 Å². The predicted molar refractivity (Wildman–Crippen MR) is 69.9 cm³/mol. The molecule has 0 unspecified atom stereocenters. The van der Waals surface area contributed by atoms with Crippen LogP contribution in [-0.2, 0) is 9.47 Å². The normalized spacial score (nSPS) is 9.89. The molecule has 6 nitrogen and oxygen atoms in total. The van der Waals surface area contributed by atoms with Crippen LogP contribution in [0.2, 0.25) is 0 Å². The van der Waals surface area contributed by atoms with Crippen molar-refractivity contribution < 1.29 is 14.3 Å². The maximum atomic E-state index is 11.7. The molecule has 1 aromatic rings. The van der Waals surface area contributed by atoms with Crippen LogP contribution in [0.1, 0.15) is 15.2 Å². The number of nitriles is 1. The summed E-state index contributed by atoms with van der Waals surface area (Å²) in [5.41, 5.74) is 6.21. The molecule has 1 rings (SSSR count). The highest BCUT2D eigenvalue weighted by molar-refractivity contribution is 7.17. The van der Waals surface area contributed by atoms with E-state index in [2.05, 4.69) is 0 Å². The maximum Gasteiger partial charge on any atom is 0.343 e. The van der Waals surface area contributed by atoms with Gasteiger partial charge in [0, 0.05) is 20.7 Å². The van der Waals surface area contributed by atoms with Gasteiger partial charge in [0.05, 0.1) is 19.4 Å². The second kappa shape index (κ2) is 6.23. The molecule has 1 heterocycles. The lowest BCUT2D eigenvalue weighted by Gasteiger charge is -2.17. The Hall–Kier alpha value is -1.78. The summed E-state index contributed by atoms with van der Waals surface area (Å²) in [4.78, 5) is 13.8. The number of nitrogens with two attached hydrogens (primary N) is 1. The maximum absolute atomic E-state index is 11.7. The fraction of sp³-hybridized carbons (Fsp3) is 0.455. The standard InChI is InChI=1S/C11H15N3O3S/c1-14(4-5-16-2)10-8(11(15)17-3)9(13)7(6-12)18-10/h4-5,13H2,1-3H3. The first kappa shape index (κ1) is 14.3. The van der Waals surface area contributed by atoms with Crippen LogP contribution in [0.25, 0.3) is 0 Å². The zero-order chi connectivity index (χ0) is 13.7. The van der Waals surface area contributed by atoms with Crippen molar-refractivity contribution >= 4 is 28.0 Å². The van der Waals surface area contributed by atoms with Gasteiger partial charge in [0.2, 0.25) is 0 Å². The minimum absolute atomic E-state index is 0.175. The third-order valence-electron chi connectivity index (χ3n) is 2.40. The topological polar surface area (TPSA) is 88.6 Å². The van der Waals surface area contributed by atoms with E-state index in [1.54, 1.807) is 14.2 Å². The van der Waals surface area contributed by atoms with E-state index in [0.717, 1.165) is 0 Å². The Kier molecular flexibility index (Phi) is 4.95. The number of carbonyl (C=O) groups excluding carboxylic acids is 1. The molecule has 0 amide bonds. The molecule has 0 saturated heterocycles. The Morgan fingerprint density at radius 2 is 2.22 bits per heavy atom. The van der Waals surface area contributed by atoms with E-state index in [-0.39, 0.29) is 11.3 Å². The summed E-state index contributed by atoms with van der Waals surface area (Å²) in [6.45, 7) is 1.10. The van der Waals surface area contributed by atoms with Gasteiger partial charge in [-0.25, -0.2) is 4.79 Å². The van der Waals surface area contributed by atoms with Crippen molar-refractivity contribution in [2.24, 2.45) is 0 Å². The number of rotatable bonds is 5. The Bertz CT molecular complexity index is 479. The van der Waals surface area contributed by atoms with Gasteiger partial charge in [-0.15, -0.1) is 11.3 Å². The summed E-state index contributed by atoms with van der Waals surface area (Å²) < 4.78 is 9.67. The molecule has 0 fully saturated rings. The molecule has 0 aliphatic rings. The Morgan fingerprint density at radius 1 is 1.56 bits per heavy atom. The van der Waals surface area contributed by atoms with Crippen molar-refractivity contribution in [3.05, 3.63) is 10.4 Å². The van der Waals surface area contributed by atoms with Crippen LogP contribution in [0.5, 0.6) is 0 Å². The van der Waals surface area contributed by atoms with E-state index in [1.165, 1.54) is 18.4 Å². The first-order valence-corrected chi connectivity index (χ1v) is 5.99. The number of nitrogens with zero attached hydrogens (tertiary/aromatic N) is 2. The van der Waals surface area contributed by atoms with E-state index in [0.29, 0.717) is 23.0 Å². The van der Waals surface area contributed by atoms with E-state index in [1.807, 2.05) is 11.0 Å². The third-order valence-corrected chi connectivity index (χ3v) is 3.62. The zero-order valence-electron chi connectivity index (χ0n) is 10.5. The Balaban J connectivity index is 3.17. The van der Waals surface area contributed by atoms with Gasteiger partial charge in [-0.2, -0.15) is 5.26 Å². The van der Waals surface area contributed by atoms with Crippen molar-refractivity contribution in [1.29, 1.82) is 5.26 Å². The fourth-order valence-corrected chi connectivity index (χ4v) is 2.41. The second-order valence-corrected chi connectivity index (χ2v) is 4.54. The van der Waals surface area contributed by atoms with Gasteiger partial charge in [-0.05, 0) is 0 Å². The van der Waals surface area contributed by atoms with Crippen molar-refractivity contribution in [2.45, 2.75) is 0 Å². The van der Waals surface area contributed by atoms with Crippen molar-refractivity contribution in [2.75, 3.05) is 45.1 Å². The van der Waals surface area contributed by atoms with E-state index in [9.17, 15) is 4.79 Å². The van der Waals surface area contributed by atoms with Crippen molar-refractivity contribution in [3.8, 4) is 6.07 Å². The first-order valence-electron chi connectivity index (χ1n) is 5.17. The highest BCUT2D eigenvalue weighted by atomic mass is 32.1. The number of hydrogen-bond donors (Lipinski definition) is 1. The Labute approximate surface area is 110 Å². The Morgan fingerprint density at radius 3 is 2.72 bits per heavy atom. The third kappa shape index (κ3) is 2.72. The number of esters is 1. The SMILES string of the molecule is COCCN(C)c1sc(C#N)c(N)c1C(=O)OC. The van der Waals surface area contributed by atoms with Gasteiger partial charge >= 0.3 is 5.97 Å². The number of methoxy groups -OCH3 is 2. The van der Waals surface area contributed by atoms with Crippen molar-refractivity contribution in [3.63, 3.8) is 0 Å². The molecule has 0 bridgehead atoms. The van der Waals surface area contributed by atoms with Crippen LogP contribution >= 0.6 is 11.3 Å². The molecule has 2 N–H and O–H groups in total. The number of carbonyl (C=O) groups is 1. The number of likely N-dealkylation sites (N-methyl/N-ethyl adjacent to an activating group) is 1. The smallest absolute Gasteiger partial charge is 0.343 e. The molecule has 7 heteroatoms. The average Bonchev–Trinajstić information content (AvgIpc) is 2.72. The molecule has 0 aromatic carbocycles. The van der Waals surface area contributed by atoms with Crippen LogP contribution in [0.3, 0.4) is 0 Å². The first-order chi connectivity index (χ1) is 8.56. The molecule has 0 saturated carbocycles. The van der Waals surface area contributed by atoms with E-state index >= 15 is 0 Å². The zero-order valence-corrected chi connectivity index (χ0v) is 11.3. The molecular weight excluding hydrogens is 254 g/mol. The summed E-state index contributed by atoms with van der Waals surface area (Å²) in [5, 5.41) is 9.57. The molecule has 98 valence electrons. The monoisotopic (exact) mass is 269 g/mol. The number of anilines is 2. The molecule has 0 aliphatic heterocycles. The van der Waals surface area contributed by atoms with E-state index < -0.39 is 5.97 Å². The van der Waals surface area contributed by atoms with Gasteiger partial charge < -0.3 is 20.1 Å². The van der Waals surface area contributed by atoms with Gasteiger partial charge in [-0.3, -0.25) is 0 Å². The van der Waals surface area contributed by atoms with Crippen LogP contribution in [0.15, 0.2) is 0 Å². The lowest BCUT2D eigenvalue weighted by Crippen LogP contribution is -2.23. The molecular formula is C11H15N3O3S.